The summed E-state index contributed by atoms with van der Waals surface area (Å²) in [5, 5.41) is 22.2. The zero-order valence-corrected chi connectivity index (χ0v) is 22.0. The van der Waals surface area contributed by atoms with Gasteiger partial charge in [0, 0.05) is 6.42 Å². The number of carbonyl (C=O) groups excluding carboxylic acids is 2. The number of anilines is 1. The van der Waals surface area contributed by atoms with Gasteiger partial charge in [-0.2, -0.15) is 5.26 Å². The molecule has 2 aromatic carbocycles. The van der Waals surface area contributed by atoms with Crippen LogP contribution in [0.1, 0.15) is 69.6 Å². The normalized spacial score (nSPS) is 20.9. The van der Waals surface area contributed by atoms with Crippen molar-refractivity contribution in [1.82, 2.24) is 4.90 Å². The van der Waals surface area contributed by atoms with Gasteiger partial charge in [-0.1, -0.05) is 31.0 Å². The lowest BCUT2D eigenvalue weighted by Gasteiger charge is -2.32. The van der Waals surface area contributed by atoms with Crippen molar-refractivity contribution in [2.45, 2.75) is 76.2 Å². The van der Waals surface area contributed by atoms with Crippen molar-refractivity contribution in [2.24, 2.45) is 11.7 Å². The van der Waals surface area contributed by atoms with Crippen molar-refractivity contribution in [3.63, 3.8) is 0 Å². The molecule has 1 saturated carbocycles. The molecule has 2 aromatic rings. The minimum atomic E-state index is -1.02. The Bertz CT molecular complexity index is 1250. The molecule has 1 aliphatic heterocycles. The first-order valence-corrected chi connectivity index (χ1v) is 13.0. The number of likely N-dealkylation sites (tertiary alicyclic amines) is 1. The van der Waals surface area contributed by atoms with Crippen LogP contribution < -0.4 is 11.1 Å². The molecule has 4 N–H and O–H groups in total. The number of nitrogens with zero attached hydrogens (tertiary/aromatic N) is 2. The van der Waals surface area contributed by atoms with Crippen LogP contribution in [0.15, 0.2) is 42.5 Å². The minimum Gasteiger partial charge on any atom is -0.444 e. The summed E-state index contributed by atoms with van der Waals surface area (Å²) in [6, 6.07) is 12.6. The number of nitrogens with one attached hydrogen (secondary N) is 1. The quantitative estimate of drug-likeness (QED) is 0.494. The summed E-state index contributed by atoms with van der Waals surface area (Å²) in [5.41, 5.74) is 6.95. The number of carbonyl (C=O) groups is 2. The Morgan fingerprint density at radius 3 is 2.58 bits per heavy atom. The number of aliphatic hydroxyl groups excluding tert-OH is 1. The van der Waals surface area contributed by atoms with Crippen LogP contribution in [0.4, 0.5) is 14.9 Å². The van der Waals surface area contributed by atoms with E-state index in [2.05, 4.69) is 11.4 Å². The largest absolute Gasteiger partial charge is 0.444 e. The highest BCUT2D eigenvalue weighted by atomic mass is 19.1. The zero-order chi connectivity index (χ0) is 27.7. The van der Waals surface area contributed by atoms with Gasteiger partial charge in [0.15, 0.2) is 0 Å². The SMILES string of the molecule is CC(C)(C)OC(=O)N1C[C@H](O)C[C@@H]1C(=O)Nc1cc(C(N)(CCC2CC2)c2cccc(C#N)c2)ccc1F. The van der Waals surface area contributed by atoms with Gasteiger partial charge in [0.05, 0.1) is 35.5 Å². The highest BCUT2D eigenvalue weighted by Gasteiger charge is 2.41. The molecule has 2 fully saturated rings. The van der Waals surface area contributed by atoms with Gasteiger partial charge in [-0.05, 0) is 74.9 Å². The lowest BCUT2D eigenvalue weighted by molar-refractivity contribution is -0.120. The number of nitrogens with two attached hydrogens (primary N) is 1. The van der Waals surface area contributed by atoms with E-state index in [-0.39, 0.29) is 18.7 Å². The fraction of sp³-hybridized carbons (Fsp3) is 0.483. The van der Waals surface area contributed by atoms with Crippen LogP contribution in [0.5, 0.6) is 0 Å². The first kappa shape index (κ1) is 27.6. The lowest BCUT2D eigenvalue weighted by Crippen LogP contribution is -2.45. The summed E-state index contributed by atoms with van der Waals surface area (Å²) in [7, 11) is 0. The van der Waals surface area contributed by atoms with E-state index in [1.807, 2.05) is 6.07 Å². The molecule has 38 heavy (non-hydrogen) atoms. The predicted molar refractivity (Wildman–Crippen MR) is 140 cm³/mol. The van der Waals surface area contributed by atoms with E-state index in [1.54, 1.807) is 45.0 Å². The number of benzene rings is 2. The van der Waals surface area contributed by atoms with Crippen LogP contribution in [0.25, 0.3) is 0 Å². The topological polar surface area (TPSA) is 129 Å². The summed E-state index contributed by atoms with van der Waals surface area (Å²) in [6.07, 6.45) is 2.17. The van der Waals surface area contributed by atoms with Gasteiger partial charge in [-0.25, -0.2) is 9.18 Å². The Hall–Kier alpha value is -3.48. The summed E-state index contributed by atoms with van der Waals surface area (Å²) in [4.78, 5) is 27.1. The maximum atomic E-state index is 15.0. The first-order valence-electron chi connectivity index (χ1n) is 13.0. The van der Waals surface area contributed by atoms with Gasteiger partial charge >= 0.3 is 6.09 Å². The second kappa shape index (κ2) is 10.7. The molecule has 1 aliphatic carbocycles. The van der Waals surface area contributed by atoms with Crippen LogP contribution in [0.3, 0.4) is 0 Å². The van der Waals surface area contributed by atoms with Crippen molar-refractivity contribution < 1.29 is 23.8 Å². The van der Waals surface area contributed by atoms with Crippen LogP contribution >= 0.6 is 0 Å². The summed E-state index contributed by atoms with van der Waals surface area (Å²) in [6.45, 7) is 5.07. The molecule has 4 rings (SSSR count). The third-order valence-corrected chi connectivity index (χ3v) is 7.10. The number of hydrogen-bond acceptors (Lipinski definition) is 6. The van der Waals surface area contributed by atoms with Crippen LogP contribution in [0.2, 0.25) is 0 Å². The Morgan fingerprint density at radius 1 is 1.21 bits per heavy atom. The highest BCUT2D eigenvalue weighted by Crippen LogP contribution is 2.40. The van der Waals surface area contributed by atoms with E-state index < -0.39 is 41.1 Å². The number of β-amino-alcohol motifs (C(OH)–C–C–N with tert-alkyl or cyclic N) is 1. The third kappa shape index (κ3) is 6.32. The first-order chi connectivity index (χ1) is 17.9. The molecule has 1 unspecified atom stereocenters. The molecular formula is C29H35FN4O4. The van der Waals surface area contributed by atoms with Crippen LogP contribution in [-0.4, -0.2) is 46.3 Å². The van der Waals surface area contributed by atoms with E-state index in [0.717, 1.165) is 24.8 Å². The van der Waals surface area contributed by atoms with Gasteiger partial charge in [0.25, 0.3) is 0 Å². The maximum absolute atomic E-state index is 15.0. The monoisotopic (exact) mass is 522 g/mol. The molecular weight excluding hydrogens is 487 g/mol. The molecule has 2 amide bonds. The van der Waals surface area contributed by atoms with E-state index in [4.69, 9.17) is 10.5 Å². The molecule has 0 aromatic heterocycles. The van der Waals surface area contributed by atoms with Crippen LogP contribution in [-0.2, 0) is 15.1 Å². The molecule has 8 nitrogen and oxygen atoms in total. The highest BCUT2D eigenvalue weighted by molar-refractivity contribution is 5.97. The predicted octanol–water partition coefficient (Wildman–Crippen LogP) is 4.40. The standard InChI is InChI=1S/C29H35FN4O4/c1-28(2,3)38-27(37)34-17-22(35)15-25(34)26(36)33-24-14-21(9-10-23(24)30)29(32,12-11-18-7-8-18)20-6-4-5-19(13-20)16-31/h4-6,9-10,13-14,18,22,25,35H,7-8,11-12,15,17,32H2,1-3H3,(H,33,36)/t22-,25-,29?/m1/s1. The zero-order valence-electron chi connectivity index (χ0n) is 22.0. The molecule has 1 saturated heterocycles. The number of nitriles is 1. The van der Waals surface area contributed by atoms with Crippen molar-refractivity contribution in [1.29, 1.82) is 5.26 Å². The van der Waals surface area contributed by atoms with Crippen molar-refractivity contribution in [2.75, 3.05) is 11.9 Å². The van der Waals surface area contributed by atoms with Crippen molar-refractivity contribution in [3.05, 3.63) is 65.0 Å². The molecule has 0 spiro atoms. The molecule has 1 heterocycles. The average Bonchev–Trinajstić information content (AvgIpc) is 3.61. The number of rotatable bonds is 7. The molecule has 3 atom stereocenters. The summed E-state index contributed by atoms with van der Waals surface area (Å²) >= 11 is 0. The molecule has 2 aliphatic rings. The third-order valence-electron chi connectivity index (χ3n) is 7.10. The smallest absolute Gasteiger partial charge is 0.411 e. The fourth-order valence-electron chi connectivity index (χ4n) is 4.86. The van der Waals surface area contributed by atoms with Gasteiger partial charge in [0.2, 0.25) is 5.91 Å². The molecule has 0 radical (unpaired) electrons. The fourth-order valence-corrected chi connectivity index (χ4v) is 4.86. The van der Waals surface area contributed by atoms with Gasteiger partial charge in [-0.3, -0.25) is 9.69 Å². The molecule has 202 valence electrons. The number of aliphatic hydroxyl groups is 1. The van der Waals surface area contributed by atoms with E-state index in [0.29, 0.717) is 23.5 Å². The summed E-state index contributed by atoms with van der Waals surface area (Å²) in [5.74, 6) is -0.681. The Balaban J connectivity index is 1.61. The van der Waals surface area contributed by atoms with E-state index in [9.17, 15) is 24.3 Å². The summed E-state index contributed by atoms with van der Waals surface area (Å²) < 4.78 is 20.3. The average molecular weight is 523 g/mol. The van der Waals surface area contributed by atoms with Gasteiger partial charge in [-0.15, -0.1) is 0 Å². The second-order valence-corrected chi connectivity index (χ2v) is 11.4. The number of ether oxygens (including phenoxy) is 1. The number of hydrogen-bond donors (Lipinski definition) is 3. The Labute approximate surface area is 222 Å². The molecule has 9 heteroatoms. The number of halogens is 1. The van der Waals surface area contributed by atoms with E-state index >= 15 is 0 Å². The van der Waals surface area contributed by atoms with Crippen LogP contribution in [0, 0.1) is 23.1 Å². The Morgan fingerprint density at radius 2 is 1.92 bits per heavy atom. The van der Waals surface area contributed by atoms with Crippen molar-refractivity contribution in [3.8, 4) is 6.07 Å². The lowest BCUT2D eigenvalue weighted by atomic mass is 9.79. The second-order valence-electron chi connectivity index (χ2n) is 11.4. The Kier molecular flexibility index (Phi) is 7.77. The van der Waals surface area contributed by atoms with Gasteiger partial charge < -0.3 is 20.9 Å². The van der Waals surface area contributed by atoms with E-state index in [1.165, 1.54) is 17.0 Å². The van der Waals surface area contributed by atoms with Crippen molar-refractivity contribution >= 4 is 17.7 Å². The molecule has 0 bridgehead atoms. The minimum absolute atomic E-state index is 0.00948. The number of amides is 2. The van der Waals surface area contributed by atoms with Gasteiger partial charge in [0.1, 0.15) is 17.5 Å². The maximum Gasteiger partial charge on any atom is 0.411 e.